The average molecular weight is 742 g/mol. The van der Waals surface area contributed by atoms with Crippen molar-refractivity contribution in [3.63, 3.8) is 0 Å². The molecule has 0 aromatic carbocycles. The van der Waals surface area contributed by atoms with Crippen LogP contribution in [0.3, 0.4) is 0 Å². The summed E-state index contributed by atoms with van der Waals surface area (Å²) in [5.74, 6) is 0. The van der Waals surface area contributed by atoms with Crippen LogP contribution in [0.1, 0.15) is 122 Å². The molecule has 1 fully saturated rings. The van der Waals surface area contributed by atoms with Crippen LogP contribution in [0.15, 0.2) is 0 Å². The third-order valence-corrected chi connectivity index (χ3v) is 22.2. The Balaban J connectivity index is 1.98. The van der Waals surface area contributed by atoms with Crippen LogP contribution in [-0.4, -0.2) is 99.3 Å². The van der Waals surface area contributed by atoms with Gasteiger partial charge in [-0.15, -0.1) is 0 Å². The van der Waals surface area contributed by atoms with Gasteiger partial charge < -0.3 is 41.2 Å². The van der Waals surface area contributed by atoms with Crippen LogP contribution in [0.2, 0.25) is 6.04 Å². The Bertz CT molecular complexity index is 479. The van der Waals surface area contributed by atoms with E-state index in [9.17, 15) is 0 Å². The maximum atomic E-state index is 6.11. The van der Waals surface area contributed by atoms with E-state index in [-0.39, 0.29) is 0 Å². The zero-order chi connectivity index (χ0) is 28.4. The fourth-order valence-corrected chi connectivity index (χ4v) is 24.2. The molecular weight excluding hydrogens is 681 g/mol. The molecule has 40 heavy (non-hydrogen) atoms. The van der Waals surface area contributed by atoms with E-state index in [4.69, 9.17) is 41.2 Å². The molecule has 0 spiro atoms. The molecule has 0 N–H and O–H groups in total. The standard InChI is InChI=1S/C20H60O10Si10/c1-2-3-4-5-6-7-8-9-10-11-12-13-14-15-16-17-18-19-20-40-29-38-27-36-25-34-23-32-21-31-22-33-24-35-26-37-28-39-30-40/h40H,2-20,31-39H2,1H3. The van der Waals surface area contributed by atoms with E-state index in [2.05, 4.69) is 6.92 Å². The molecule has 1 saturated heterocycles. The molecule has 0 saturated carbocycles. The van der Waals surface area contributed by atoms with Gasteiger partial charge in [0.05, 0.1) is 0 Å². The largest absolute Gasteiger partial charge is 0.425 e. The van der Waals surface area contributed by atoms with Gasteiger partial charge in [-0.25, -0.2) is 0 Å². The molecule has 0 aromatic rings. The summed E-state index contributed by atoms with van der Waals surface area (Å²) in [5, 5.41) is 0. The van der Waals surface area contributed by atoms with Crippen LogP contribution in [0.5, 0.6) is 0 Å². The van der Waals surface area contributed by atoms with Crippen molar-refractivity contribution in [3.8, 4) is 0 Å². The lowest BCUT2D eigenvalue weighted by atomic mass is 10.0. The summed E-state index contributed by atoms with van der Waals surface area (Å²) in [5.41, 5.74) is 0. The summed E-state index contributed by atoms with van der Waals surface area (Å²) in [7, 11) is -10.6. The van der Waals surface area contributed by atoms with Crippen molar-refractivity contribution < 1.29 is 41.2 Å². The second kappa shape index (κ2) is 35.3. The van der Waals surface area contributed by atoms with Crippen LogP contribution in [-0.2, 0) is 41.2 Å². The summed E-state index contributed by atoms with van der Waals surface area (Å²) in [4.78, 5) is 0. The van der Waals surface area contributed by atoms with Crippen LogP contribution in [0.25, 0.3) is 0 Å². The Kier molecular flexibility index (Phi) is 35.1. The number of hydrogen-bond donors (Lipinski definition) is 0. The van der Waals surface area contributed by atoms with Gasteiger partial charge in [-0.2, -0.15) is 0 Å². The number of unbranched alkanes of at least 4 members (excludes halogenated alkanes) is 17. The highest BCUT2D eigenvalue weighted by atomic mass is 28.4. The van der Waals surface area contributed by atoms with Gasteiger partial charge in [0.15, 0.2) is 0 Å². The van der Waals surface area contributed by atoms with Crippen LogP contribution in [0, 0.1) is 0 Å². The first-order valence-corrected chi connectivity index (χ1v) is 27.9. The molecule has 1 heterocycles. The highest BCUT2D eigenvalue weighted by Gasteiger charge is 2.13. The first kappa shape index (κ1) is 39.8. The molecule has 0 atom stereocenters. The summed E-state index contributed by atoms with van der Waals surface area (Å²) >= 11 is 0. The van der Waals surface area contributed by atoms with E-state index in [1.165, 1.54) is 116 Å². The van der Waals surface area contributed by atoms with E-state index < -0.39 is 99.3 Å². The lowest BCUT2D eigenvalue weighted by Crippen LogP contribution is -2.30. The van der Waals surface area contributed by atoms with Crippen molar-refractivity contribution in [3.05, 3.63) is 0 Å². The minimum atomic E-state index is -1.71. The Morgan fingerprint density at radius 2 is 0.575 bits per heavy atom. The van der Waals surface area contributed by atoms with Gasteiger partial charge in [-0.1, -0.05) is 122 Å². The van der Waals surface area contributed by atoms with Crippen LogP contribution < -0.4 is 0 Å². The van der Waals surface area contributed by atoms with Crippen molar-refractivity contribution in [1.29, 1.82) is 0 Å². The fourth-order valence-electron chi connectivity index (χ4n) is 4.36. The molecule has 240 valence electrons. The van der Waals surface area contributed by atoms with Gasteiger partial charge in [0.2, 0.25) is 0 Å². The normalized spacial score (nSPS) is 25.3. The second-order valence-corrected chi connectivity index (χ2v) is 29.5. The van der Waals surface area contributed by atoms with Gasteiger partial charge >= 0.3 is 9.28 Å². The van der Waals surface area contributed by atoms with Crippen molar-refractivity contribution in [2.75, 3.05) is 0 Å². The summed E-state index contributed by atoms with van der Waals surface area (Å²) in [6.07, 6.45) is 25.1. The fraction of sp³-hybridized carbons (Fsp3) is 1.00. The topological polar surface area (TPSA) is 92.3 Å². The zero-order valence-electron chi connectivity index (χ0n) is 25.5. The van der Waals surface area contributed by atoms with E-state index in [0.29, 0.717) is 0 Å². The molecule has 0 radical (unpaired) electrons. The molecule has 10 nitrogen and oxygen atoms in total. The Labute approximate surface area is 267 Å². The molecule has 1 aliphatic rings. The van der Waals surface area contributed by atoms with Gasteiger partial charge in [-0.05, 0) is 6.04 Å². The predicted molar refractivity (Wildman–Crippen MR) is 188 cm³/mol. The van der Waals surface area contributed by atoms with Crippen molar-refractivity contribution in [1.82, 2.24) is 0 Å². The maximum Gasteiger partial charge on any atom is 0.303 e. The molecule has 0 bridgehead atoms. The first-order chi connectivity index (χ1) is 19.9. The van der Waals surface area contributed by atoms with Gasteiger partial charge in [-0.3, -0.25) is 0 Å². The first-order valence-electron chi connectivity index (χ1n) is 15.8. The lowest BCUT2D eigenvalue weighted by molar-refractivity contribution is 0.338. The maximum absolute atomic E-state index is 6.11. The third kappa shape index (κ3) is 31.2. The average Bonchev–Trinajstić information content (AvgIpc) is 2.96. The summed E-state index contributed by atoms with van der Waals surface area (Å²) in [6.45, 7) is 2.29. The molecule has 0 aromatic heterocycles. The summed E-state index contributed by atoms with van der Waals surface area (Å²) in [6, 6.07) is 1.04. The molecule has 0 aliphatic carbocycles. The molecule has 0 unspecified atom stereocenters. The highest BCUT2D eigenvalue weighted by Crippen LogP contribution is 2.15. The summed E-state index contributed by atoms with van der Waals surface area (Å²) < 4.78 is 57.0. The molecule has 1 aliphatic heterocycles. The van der Waals surface area contributed by atoms with Gasteiger partial charge in [0.1, 0.15) is 0 Å². The third-order valence-electron chi connectivity index (χ3n) is 6.63. The quantitative estimate of drug-likeness (QED) is 0.114. The van der Waals surface area contributed by atoms with Crippen LogP contribution >= 0.6 is 0 Å². The smallest absolute Gasteiger partial charge is 0.303 e. The van der Waals surface area contributed by atoms with Crippen molar-refractivity contribution in [2.24, 2.45) is 0 Å². The number of hydrogen-bond acceptors (Lipinski definition) is 10. The van der Waals surface area contributed by atoms with Gasteiger partial charge in [0.25, 0.3) is 90.1 Å². The Morgan fingerprint density at radius 3 is 0.875 bits per heavy atom. The van der Waals surface area contributed by atoms with Crippen molar-refractivity contribution >= 4 is 99.3 Å². The highest BCUT2D eigenvalue weighted by molar-refractivity contribution is 6.58. The monoisotopic (exact) mass is 740 g/mol. The molecule has 20 heteroatoms. The predicted octanol–water partition coefficient (Wildman–Crippen LogP) is -1.58. The zero-order valence-corrected chi connectivity index (χ0v) is 39.3. The second-order valence-electron chi connectivity index (χ2n) is 10.3. The van der Waals surface area contributed by atoms with Crippen molar-refractivity contribution in [2.45, 2.75) is 129 Å². The van der Waals surface area contributed by atoms with E-state index in [1.54, 1.807) is 0 Å². The van der Waals surface area contributed by atoms with E-state index in [1.807, 2.05) is 0 Å². The lowest BCUT2D eigenvalue weighted by Gasteiger charge is -2.18. The molecular formula is C20H60O10Si10. The van der Waals surface area contributed by atoms with E-state index in [0.717, 1.165) is 6.04 Å². The molecule has 0 amide bonds. The minimum Gasteiger partial charge on any atom is -0.425 e. The SMILES string of the molecule is CCCCCCCCCCCCCCCCCCCC[SiH]1O[SiH2]O[SiH2]O[SiH2]O[SiH2]O[SiH2]O[SiH2]O[SiH2]O[SiH2]O[SiH2]O1. The molecule has 1 rings (SSSR count). The Morgan fingerprint density at radius 1 is 0.325 bits per heavy atom. The van der Waals surface area contributed by atoms with Crippen LogP contribution in [0.4, 0.5) is 0 Å². The van der Waals surface area contributed by atoms with Gasteiger partial charge in [0, 0.05) is 0 Å². The minimum absolute atomic E-state index is 0.956. The number of rotatable bonds is 19. The Hall–Kier alpha value is 1.77. The van der Waals surface area contributed by atoms with E-state index >= 15 is 0 Å².